The Morgan fingerprint density at radius 2 is 1.78 bits per heavy atom. The average molecular weight is 130 g/mol. The number of rotatable bonds is 2. The van der Waals surface area contributed by atoms with E-state index in [1.165, 1.54) is 0 Å². The number of ketones is 1. The van der Waals surface area contributed by atoms with Crippen molar-refractivity contribution in [3.8, 4) is 0 Å². The summed E-state index contributed by atoms with van der Waals surface area (Å²) >= 11 is 0. The molecule has 3 heteroatoms. The summed E-state index contributed by atoms with van der Waals surface area (Å²) in [5.41, 5.74) is 0. The van der Waals surface area contributed by atoms with E-state index >= 15 is 0 Å². The molecule has 0 atom stereocenters. The second kappa shape index (κ2) is 2.08. The van der Waals surface area contributed by atoms with Crippen LogP contribution in [0.4, 0.5) is 0 Å². The van der Waals surface area contributed by atoms with Crippen LogP contribution in [0.2, 0.25) is 0 Å². The SMILES string of the molecule is COC1(OC)CC(=O)C1. The molecule has 0 aromatic carbocycles. The van der Waals surface area contributed by atoms with Crippen LogP contribution in [-0.2, 0) is 14.3 Å². The van der Waals surface area contributed by atoms with Crippen molar-refractivity contribution in [2.24, 2.45) is 0 Å². The molecule has 0 amide bonds. The van der Waals surface area contributed by atoms with Crippen LogP contribution >= 0.6 is 0 Å². The fourth-order valence-corrected chi connectivity index (χ4v) is 0.921. The number of hydrogen-bond donors (Lipinski definition) is 0. The zero-order valence-electron chi connectivity index (χ0n) is 5.64. The molecular weight excluding hydrogens is 120 g/mol. The van der Waals surface area contributed by atoms with Crippen LogP contribution in [0, 0.1) is 0 Å². The van der Waals surface area contributed by atoms with Crippen LogP contribution in [0.1, 0.15) is 12.8 Å². The molecule has 52 valence electrons. The van der Waals surface area contributed by atoms with Crippen LogP contribution < -0.4 is 0 Å². The molecule has 3 nitrogen and oxygen atoms in total. The third kappa shape index (κ3) is 0.976. The Labute approximate surface area is 53.9 Å². The molecular formula is C6H10O3. The van der Waals surface area contributed by atoms with E-state index < -0.39 is 5.79 Å². The van der Waals surface area contributed by atoms with E-state index in [1.807, 2.05) is 0 Å². The molecule has 1 aliphatic carbocycles. The van der Waals surface area contributed by atoms with Gasteiger partial charge in [0.2, 0.25) is 0 Å². The Balaban J connectivity index is 2.44. The van der Waals surface area contributed by atoms with Crippen molar-refractivity contribution >= 4 is 5.78 Å². The maximum absolute atomic E-state index is 10.5. The van der Waals surface area contributed by atoms with Gasteiger partial charge in [-0.05, 0) is 0 Å². The monoisotopic (exact) mass is 130 g/mol. The Bertz CT molecular complexity index is 116. The first-order chi connectivity index (χ1) is 4.22. The summed E-state index contributed by atoms with van der Waals surface area (Å²) in [5, 5.41) is 0. The van der Waals surface area contributed by atoms with Gasteiger partial charge in [0, 0.05) is 14.2 Å². The summed E-state index contributed by atoms with van der Waals surface area (Å²) in [4.78, 5) is 10.5. The van der Waals surface area contributed by atoms with Crippen LogP contribution in [0.15, 0.2) is 0 Å². The highest BCUT2D eigenvalue weighted by atomic mass is 16.7. The van der Waals surface area contributed by atoms with Gasteiger partial charge in [-0.3, -0.25) is 4.79 Å². The smallest absolute Gasteiger partial charge is 0.181 e. The third-order valence-corrected chi connectivity index (χ3v) is 1.68. The topological polar surface area (TPSA) is 35.5 Å². The largest absolute Gasteiger partial charge is 0.352 e. The maximum atomic E-state index is 10.5. The molecule has 0 saturated heterocycles. The van der Waals surface area contributed by atoms with E-state index in [9.17, 15) is 4.79 Å². The molecule has 1 aliphatic rings. The van der Waals surface area contributed by atoms with E-state index in [-0.39, 0.29) is 5.78 Å². The predicted molar refractivity (Wildman–Crippen MR) is 31.0 cm³/mol. The molecule has 0 heterocycles. The zero-order chi connectivity index (χ0) is 6.91. The second-order valence-electron chi connectivity index (χ2n) is 2.21. The van der Waals surface area contributed by atoms with Crippen LogP contribution in [0.3, 0.4) is 0 Å². The summed E-state index contributed by atoms with van der Waals surface area (Å²) in [5.74, 6) is -0.365. The normalized spacial score (nSPS) is 23.6. The van der Waals surface area contributed by atoms with E-state index in [2.05, 4.69) is 0 Å². The van der Waals surface area contributed by atoms with Gasteiger partial charge < -0.3 is 9.47 Å². The lowest BCUT2D eigenvalue weighted by Gasteiger charge is -2.36. The fourth-order valence-electron chi connectivity index (χ4n) is 0.921. The van der Waals surface area contributed by atoms with Crippen molar-refractivity contribution in [2.45, 2.75) is 18.6 Å². The van der Waals surface area contributed by atoms with E-state index in [1.54, 1.807) is 14.2 Å². The number of carbonyl (C=O) groups excluding carboxylic acids is 1. The minimum atomic E-state index is -0.572. The lowest BCUT2D eigenvalue weighted by atomic mass is 9.89. The van der Waals surface area contributed by atoms with Gasteiger partial charge in [0.15, 0.2) is 5.79 Å². The highest BCUT2D eigenvalue weighted by molar-refractivity contribution is 5.86. The minimum absolute atomic E-state index is 0.207. The average Bonchev–Trinajstić information content (AvgIpc) is 1.81. The molecule has 0 aliphatic heterocycles. The first-order valence-corrected chi connectivity index (χ1v) is 2.84. The molecule has 1 fully saturated rings. The third-order valence-electron chi connectivity index (χ3n) is 1.68. The second-order valence-corrected chi connectivity index (χ2v) is 2.21. The van der Waals surface area contributed by atoms with Gasteiger partial charge in [-0.1, -0.05) is 0 Å². The number of hydrogen-bond acceptors (Lipinski definition) is 3. The van der Waals surface area contributed by atoms with Crippen LogP contribution in [-0.4, -0.2) is 25.8 Å². The molecule has 1 rings (SSSR count). The molecule has 0 radical (unpaired) electrons. The number of methoxy groups -OCH3 is 2. The summed E-state index contributed by atoms with van der Waals surface area (Å²) in [6.45, 7) is 0. The molecule has 0 N–H and O–H groups in total. The quantitative estimate of drug-likeness (QED) is 0.505. The maximum Gasteiger partial charge on any atom is 0.181 e. The van der Waals surface area contributed by atoms with Gasteiger partial charge in [0.25, 0.3) is 0 Å². The van der Waals surface area contributed by atoms with E-state index in [4.69, 9.17) is 9.47 Å². The number of Topliss-reactive ketones (excluding diaryl/α,β-unsaturated/α-hetero) is 1. The van der Waals surface area contributed by atoms with Gasteiger partial charge in [0.1, 0.15) is 5.78 Å². The van der Waals surface area contributed by atoms with Crippen molar-refractivity contribution < 1.29 is 14.3 Å². The highest BCUT2D eigenvalue weighted by Gasteiger charge is 2.44. The summed E-state index contributed by atoms with van der Waals surface area (Å²) in [6, 6.07) is 0. The molecule has 0 bridgehead atoms. The highest BCUT2D eigenvalue weighted by Crippen LogP contribution is 2.31. The van der Waals surface area contributed by atoms with Gasteiger partial charge in [-0.2, -0.15) is 0 Å². The summed E-state index contributed by atoms with van der Waals surface area (Å²) in [7, 11) is 3.10. The van der Waals surface area contributed by atoms with Gasteiger partial charge >= 0.3 is 0 Å². The Morgan fingerprint density at radius 3 is 1.89 bits per heavy atom. The van der Waals surface area contributed by atoms with Gasteiger partial charge in [-0.25, -0.2) is 0 Å². The standard InChI is InChI=1S/C6H10O3/c1-8-6(9-2)3-5(7)4-6/h3-4H2,1-2H3. The van der Waals surface area contributed by atoms with Crippen LogP contribution in [0.5, 0.6) is 0 Å². The van der Waals surface area contributed by atoms with Crippen molar-refractivity contribution in [1.82, 2.24) is 0 Å². The van der Waals surface area contributed by atoms with Crippen molar-refractivity contribution in [2.75, 3.05) is 14.2 Å². The van der Waals surface area contributed by atoms with Gasteiger partial charge in [-0.15, -0.1) is 0 Å². The molecule has 0 aromatic rings. The van der Waals surface area contributed by atoms with E-state index in [0.717, 1.165) is 0 Å². The Morgan fingerprint density at radius 1 is 1.33 bits per heavy atom. The Hall–Kier alpha value is -0.410. The molecule has 0 spiro atoms. The van der Waals surface area contributed by atoms with Gasteiger partial charge in [0.05, 0.1) is 12.8 Å². The minimum Gasteiger partial charge on any atom is -0.352 e. The zero-order valence-corrected chi connectivity index (χ0v) is 5.64. The first-order valence-electron chi connectivity index (χ1n) is 2.84. The van der Waals surface area contributed by atoms with Crippen LogP contribution in [0.25, 0.3) is 0 Å². The van der Waals surface area contributed by atoms with Crippen molar-refractivity contribution in [3.05, 3.63) is 0 Å². The molecule has 0 aromatic heterocycles. The molecule has 0 unspecified atom stereocenters. The summed E-state index contributed by atoms with van der Waals surface area (Å²) in [6.07, 6.45) is 0.806. The number of ether oxygens (including phenoxy) is 2. The lowest BCUT2D eigenvalue weighted by Crippen LogP contribution is -2.47. The van der Waals surface area contributed by atoms with E-state index in [0.29, 0.717) is 12.8 Å². The number of carbonyl (C=O) groups is 1. The fraction of sp³-hybridized carbons (Fsp3) is 0.833. The molecule has 1 saturated carbocycles. The molecule has 9 heavy (non-hydrogen) atoms. The Kier molecular flexibility index (Phi) is 1.55. The summed E-state index contributed by atoms with van der Waals surface area (Å²) < 4.78 is 9.90. The predicted octanol–water partition coefficient (Wildman–Crippen LogP) is 0.338. The lowest BCUT2D eigenvalue weighted by molar-refractivity contribution is -0.237. The van der Waals surface area contributed by atoms with Crippen molar-refractivity contribution in [1.29, 1.82) is 0 Å². The van der Waals surface area contributed by atoms with Crippen molar-refractivity contribution in [3.63, 3.8) is 0 Å². The first kappa shape index (κ1) is 6.71.